The molecule has 0 saturated carbocycles. The van der Waals surface area contributed by atoms with Gasteiger partial charge in [0, 0.05) is 35.0 Å². The average Bonchev–Trinajstić information content (AvgIpc) is 3.02. The predicted octanol–water partition coefficient (Wildman–Crippen LogP) is 5.63. The molecule has 4 rings (SSSR count). The van der Waals surface area contributed by atoms with Crippen LogP contribution in [-0.2, 0) is 4.79 Å². The Morgan fingerprint density at radius 3 is 2.33 bits per heavy atom. The molecule has 216 valence electrons. The highest BCUT2D eigenvalue weighted by atomic mass is 16.6. The number of ether oxygens (including phenoxy) is 2. The first-order valence-electron chi connectivity index (χ1n) is 13.0. The van der Waals surface area contributed by atoms with Gasteiger partial charge in [0.2, 0.25) is 0 Å². The van der Waals surface area contributed by atoms with Gasteiger partial charge in [0.25, 0.3) is 17.5 Å². The van der Waals surface area contributed by atoms with Crippen molar-refractivity contribution < 1.29 is 28.8 Å². The minimum Gasteiger partial charge on any atom is -0.490 e. The summed E-state index contributed by atoms with van der Waals surface area (Å²) in [6.45, 7) is 2.13. The second-order valence-electron chi connectivity index (χ2n) is 8.84. The van der Waals surface area contributed by atoms with Crippen LogP contribution in [0.25, 0.3) is 6.08 Å². The lowest BCUT2D eigenvalue weighted by Gasteiger charge is -2.10. The lowest BCUT2D eigenvalue weighted by Crippen LogP contribution is -2.18. The highest BCUT2D eigenvalue weighted by Crippen LogP contribution is 2.28. The van der Waals surface area contributed by atoms with Crippen molar-refractivity contribution in [2.45, 2.75) is 6.92 Å². The zero-order valence-electron chi connectivity index (χ0n) is 22.9. The van der Waals surface area contributed by atoms with Gasteiger partial charge in [0.1, 0.15) is 0 Å². The Morgan fingerprint density at radius 1 is 0.837 bits per heavy atom. The SMILES string of the molecule is CCOc1cc(C=NNC(=O)c2cccc(NC(=O)c3ccc([N+](=O)[O-])cc3)c2)ccc1OC(=O)/C=C/c1ccccc1. The van der Waals surface area contributed by atoms with Gasteiger partial charge in [-0.25, -0.2) is 10.2 Å². The van der Waals surface area contributed by atoms with Crippen LogP contribution in [0.5, 0.6) is 11.5 Å². The zero-order chi connectivity index (χ0) is 30.6. The van der Waals surface area contributed by atoms with Gasteiger partial charge in [0.15, 0.2) is 11.5 Å². The number of nitrogens with one attached hydrogen (secondary N) is 2. The zero-order valence-corrected chi connectivity index (χ0v) is 22.9. The van der Waals surface area contributed by atoms with Gasteiger partial charge in [-0.2, -0.15) is 5.10 Å². The van der Waals surface area contributed by atoms with Crippen LogP contribution >= 0.6 is 0 Å². The smallest absolute Gasteiger partial charge is 0.336 e. The van der Waals surface area contributed by atoms with Crippen molar-refractivity contribution in [3.8, 4) is 11.5 Å². The molecule has 0 aliphatic heterocycles. The minimum absolute atomic E-state index is 0.128. The van der Waals surface area contributed by atoms with E-state index in [9.17, 15) is 24.5 Å². The van der Waals surface area contributed by atoms with Crippen molar-refractivity contribution in [2.24, 2.45) is 5.10 Å². The number of non-ortho nitro benzene ring substituents is 1. The number of benzene rings is 4. The fourth-order valence-electron chi connectivity index (χ4n) is 3.73. The second kappa shape index (κ2) is 14.5. The third-order valence-corrected chi connectivity index (χ3v) is 5.79. The van der Waals surface area contributed by atoms with Crippen LogP contribution < -0.4 is 20.2 Å². The number of esters is 1. The first-order chi connectivity index (χ1) is 20.8. The Kier molecular flexibility index (Phi) is 10.1. The predicted molar refractivity (Wildman–Crippen MR) is 161 cm³/mol. The number of hydrogen-bond donors (Lipinski definition) is 2. The molecular weight excluding hydrogens is 552 g/mol. The molecule has 0 heterocycles. The van der Waals surface area contributed by atoms with E-state index in [2.05, 4.69) is 15.8 Å². The van der Waals surface area contributed by atoms with E-state index in [-0.39, 0.29) is 22.6 Å². The second-order valence-corrected chi connectivity index (χ2v) is 8.84. The van der Waals surface area contributed by atoms with E-state index in [1.807, 2.05) is 30.3 Å². The topological polar surface area (TPSA) is 149 Å². The molecule has 43 heavy (non-hydrogen) atoms. The summed E-state index contributed by atoms with van der Waals surface area (Å²) in [7, 11) is 0. The van der Waals surface area contributed by atoms with Crippen LogP contribution in [0.1, 0.15) is 38.8 Å². The van der Waals surface area contributed by atoms with Crippen LogP contribution in [-0.4, -0.2) is 35.5 Å². The summed E-state index contributed by atoms with van der Waals surface area (Å²) in [6, 6.07) is 25.5. The number of nitro groups is 1. The monoisotopic (exact) mass is 578 g/mol. The van der Waals surface area contributed by atoms with Gasteiger partial charge >= 0.3 is 5.97 Å². The van der Waals surface area contributed by atoms with Crippen LogP contribution in [0.15, 0.2) is 108 Å². The Labute approximate surface area is 246 Å². The number of rotatable bonds is 11. The molecular formula is C32H26N4O7. The molecule has 0 radical (unpaired) electrons. The van der Waals surface area contributed by atoms with Gasteiger partial charge in [-0.1, -0.05) is 36.4 Å². The summed E-state index contributed by atoms with van der Waals surface area (Å²) in [5.74, 6) is -1.01. The van der Waals surface area contributed by atoms with Crippen LogP contribution in [0, 0.1) is 10.1 Å². The summed E-state index contributed by atoms with van der Waals surface area (Å²) in [5.41, 5.74) is 4.54. The summed E-state index contributed by atoms with van der Waals surface area (Å²) in [4.78, 5) is 47.7. The fraction of sp³-hybridized carbons (Fsp3) is 0.0625. The number of amides is 2. The van der Waals surface area contributed by atoms with Gasteiger partial charge in [-0.05, 0) is 72.7 Å². The van der Waals surface area contributed by atoms with Crippen molar-refractivity contribution in [2.75, 3.05) is 11.9 Å². The van der Waals surface area contributed by atoms with Crippen LogP contribution in [0.2, 0.25) is 0 Å². The van der Waals surface area contributed by atoms with Gasteiger partial charge in [0.05, 0.1) is 17.7 Å². The molecule has 4 aromatic carbocycles. The van der Waals surface area contributed by atoms with E-state index < -0.39 is 22.7 Å². The van der Waals surface area contributed by atoms with Crippen LogP contribution in [0.3, 0.4) is 0 Å². The van der Waals surface area contributed by atoms with E-state index in [0.717, 1.165) is 5.56 Å². The number of hydrazone groups is 1. The van der Waals surface area contributed by atoms with Crippen molar-refractivity contribution in [3.05, 3.63) is 136 Å². The third-order valence-electron chi connectivity index (χ3n) is 5.79. The summed E-state index contributed by atoms with van der Waals surface area (Å²) < 4.78 is 11.1. The largest absolute Gasteiger partial charge is 0.490 e. The van der Waals surface area contributed by atoms with Crippen molar-refractivity contribution in [1.29, 1.82) is 0 Å². The lowest BCUT2D eigenvalue weighted by molar-refractivity contribution is -0.384. The van der Waals surface area contributed by atoms with Gasteiger partial charge in [-0.3, -0.25) is 19.7 Å². The normalized spacial score (nSPS) is 10.8. The highest BCUT2D eigenvalue weighted by molar-refractivity contribution is 6.05. The van der Waals surface area contributed by atoms with Crippen molar-refractivity contribution in [3.63, 3.8) is 0 Å². The quantitative estimate of drug-likeness (QED) is 0.0585. The number of carbonyl (C=O) groups excluding carboxylic acids is 3. The molecule has 11 heteroatoms. The van der Waals surface area contributed by atoms with E-state index in [0.29, 0.717) is 23.6 Å². The van der Waals surface area contributed by atoms with Crippen molar-refractivity contribution >= 4 is 41.4 Å². The van der Waals surface area contributed by atoms with E-state index in [1.165, 1.54) is 42.6 Å². The fourth-order valence-corrected chi connectivity index (χ4v) is 3.73. The Hall–Kier alpha value is -6.10. The Bertz CT molecular complexity index is 1680. The van der Waals surface area contributed by atoms with E-state index >= 15 is 0 Å². The molecule has 0 aliphatic rings. The van der Waals surface area contributed by atoms with Crippen molar-refractivity contribution in [1.82, 2.24) is 5.43 Å². The average molecular weight is 579 g/mol. The molecule has 2 N–H and O–H groups in total. The number of carbonyl (C=O) groups is 3. The summed E-state index contributed by atoms with van der Waals surface area (Å²) in [6.07, 6.45) is 4.38. The molecule has 0 unspecified atom stereocenters. The maximum Gasteiger partial charge on any atom is 0.336 e. The molecule has 0 aromatic heterocycles. The maximum atomic E-state index is 12.7. The Morgan fingerprint density at radius 2 is 1.60 bits per heavy atom. The number of hydrogen-bond acceptors (Lipinski definition) is 8. The lowest BCUT2D eigenvalue weighted by atomic mass is 10.1. The molecule has 2 amide bonds. The first-order valence-corrected chi connectivity index (χ1v) is 13.0. The number of nitro benzene ring substituents is 1. The molecule has 4 aromatic rings. The Balaban J connectivity index is 1.36. The van der Waals surface area contributed by atoms with E-state index in [1.54, 1.807) is 49.4 Å². The molecule has 0 atom stereocenters. The first kappa shape index (κ1) is 29.9. The molecule has 0 fully saturated rings. The highest BCUT2D eigenvalue weighted by Gasteiger charge is 2.12. The molecule has 0 bridgehead atoms. The number of nitrogens with zero attached hydrogens (tertiary/aromatic N) is 2. The third kappa shape index (κ3) is 8.69. The minimum atomic E-state index is -0.565. The number of anilines is 1. The molecule has 0 saturated heterocycles. The molecule has 0 aliphatic carbocycles. The van der Waals surface area contributed by atoms with Gasteiger partial charge in [-0.15, -0.1) is 0 Å². The standard InChI is InChI=1S/C32H26N4O7/c1-2-42-29-19-23(11-17-28(29)43-30(37)18-12-22-7-4-3-5-8-22)21-33-35-32(39)25-9-6-10-26(20-25)34-31(38)24-13-15-27(16-14-24)36(40)41/h3-21H,2H2,1H3,(H,34,38)(H,35,39)/b18-12+,33-21?. The van der Waals surface area contributed by atoms with Crippen LogP contribution in [0.4, 0.5) is 11.4 Å². The maximum absolute atomic E-state index is 12.7. The molecule has 11 nitrogen and oxygen atoms in total. The van der Waals surface area contributed by atoms with E-state index in [4.69, 9.17) is 9.47 Å². The molecule has 0 spiro atoms. The van der Waals surface area contributed by atoms with Gasteiger partial charge < -0.3 is 14.8 Å². The summed E-state index contributed by atoms with van der Waals surface area (Å²) in [5, 5.41) is 17.5. The summed E-state index contributed by atoms with van der Waals surface area (Å²) >= 11 is 0.